The third-order valence-corrected chi connectivity index (χ3v) is 4.55. The van der Waals surface area contributed by atoms with Crippen molar-refractivity contribution in [2.75, 3.05) is 11.5 Å². The number of ether oxygens (including phenoxy) is 1. The summed E-state index contributed by atoms with van der Waals surface area (Å²) in [7, 11) is 0. The van der Waals surface area contributed by atoms with Crippen molar-refractivity contribution < 1.29 is 19.2 Å². The molecule has 2 aromatic rings. The summed E-state index contributed by atoms with van der Waals surface area (Å²) < 4.78 is 10.9. The maximum Gasteiger partial charge on any atom is 0.358 e. The molecule has 0 bridgehead atoms. The van der Waals surface area contributed by atoms with Crippen molar-refractivity contribution in [3.8, 4) is 17.1 Å². The Morgan fingerprint density at radius 3 is 2.95 bits per heavy atom. The molecule has 1 saturated heterocycles. The van der Waals surface area contributed by atoms with Gasteiger partial charge in [0.15, 0.2) is 11.5 Å². The maximum atomic E-state index is 10.8. The number of hydrogen-bond acceptors (Lipinski definition) is 5. The Morgan fingerprint density at radius 2 is 2.33 bits per heavy atom. The molecule has 5 nitrogen and oxygen atoms in total. The van der Waals surface area contributed by atoms with Crippen LogP contribution in [0.25, 0.3) is 11.3 Å². The molecular formula is C14H12ClNO4S. The number of aromatic nitrogens is 1. The summed E-state index contributed by atoms with van der Waals surface area (Å²) in [6, 6.07) is 6.59. The van der Waals surface area contributed by atoms with Crippen LogP contribution < -0.4 is 4.74 Å². The number of benzene rings is 1. The van der Waals surface area contributed by atoms with Crippen LogP contribution in [0.4, 0.5) is 0 Å². The average Bonchev–Trinajstić information content (AvgIpc) is 3.12. The highest BCUT2D eigenvalue weighted by Gasteiger charge is 2.19. The first-order valence-corrected chi connectivity index (χ1v) is 7.91. The normalized spacial score (nSPS) is 17.9. The number of thioether (sulfide) groups is 1. The lowest BCUT2D eigenvalue weighted by atomic mass is 10.1. The second-order valence-corrected chi connectivity index (χ2v) is 6.19. The van der Waals surface area contributed by atoms with Gasteiger partial charge in [-0.05, 0) is 30.4 Å². The number of nitrogens with zero attached hydrogens (tertiary/aromatic N) is 1. The molecule has 0 spiro atoms. The standard InChI is InChI=1S/C14H12ClNO4S/c15-10-5-8(13-6-11(14(17)18)16-20-13)1-2-12(10)19-9-3-4-21-7-9/h1-2,5-6,9H,3-4,7H2,(H,17,18). The molecule has 1 aromatic carbocycles. The summed E-state index contributed by atoms with van der Waals surface area (Å²) in [5, 5.41) is 12.8. The summed E-state index contributed by atoms with van der Waals surface area (Å²) in [4.78, 5) is 10.8. The summed E-state index contributed by atoms with van der Waals surface area (Å²) in [6.07, 6.45) is 1.22. The molecule has 1 aromatic heterocycles. The van der Waals surface area contributed by atoms with Gasteiger partial charge in [0, 0.05) is 17.4 Å². The highest BCUT2D eigenvalue weighted by Crippen LogP contribution is 2.33. The van der Waals surface area contributed by atoms with Crippen molar-refractivity contribution in [1.29, 1.82) is 0 Å². The largest absolute Gasteiger partial charge is 0.488 e. The van der Waals surface area contributed by atoms with Crippen LogP contribution in [0.3, 0.4) is 0 Å². The maximum absolute atomic E-state index is 10.8. The zero-order valence-corrected chi connectivity index (χ0v) is 12.5. The van der Waals surface area contributed by atoms with Crippen LogP contribution in [0.2, 0.25) is 5.02 Å². The van der Waals surface area contributed by atoms with Crippen molar-refractivity contribution in [2.45, 2.75) is 12.5 Å². The fourth-order valence-electron chi connectivity index (χ4n) is 2.05. The Morgan fingerprint density at radius 1 is 1.48 bits per heavy atom. The van der Waals surface area contributed by atoms with Gasteiger partial charge < -0.3 is 14.4 Å². The van der Waals surface area contributed by atoms with Crippen LogP contribution in [0.1, 0.15) is 16.9 Å². The van der Waals surface area contributed by atoms with E-state index >= 15 is 0 Å². The highest BCUT2D eigenvalue weighted by atomic mass is 35.5. The van der Waals surface area contributed by atoms with E-state index in [0.717, 1.165) is 17.9 Å². The molecule has 1 atom stereocenters. The van der Waals surface area contributed by atoms with Gasteiger partial charge >= 0.3 is 5.97 Å². The quantitative estimate of drug-likeness (QED) is 0.926. The Bertz CT molecular complexity index is 667. The predicted molar refractivity (Wildman–Crippen MR) is 80.3 cm³/mol. The number of carboxylic acid groups (broad SMARTS) is 1. The van der Waals surface area contributed by atoms with Crippen LogP contribution in [-0.2, 0) is 0 Å². The van der Waals surface area contributed by atoms with Gasteiger partial charge in [-0.1, -0.05) is 16.8 Å². The van der Waals surface area contributed by atoms with Crippen molar-refractivity contribution in [3.05, 3.63) is 35.0 Å². The van der Waals surface area contributed by atoms with Crippen LogP contribution in [0.5, 0.6) is 5.75 Å². The minimum Gasteiger partial charge on any atom is -0.488 e. The molecule has 2 heterocycles. The monoisotopic (exact) mass is 325 g/mol. The van der Waals surface area contributed by atoms with E-state index < -0.39 is 5.97 Å². The third-order valence-electron chi connectivity index (χ3n) is 3.13. The van der Waals surface area contributed by atoms with E-state index in [0.29, 0.717) is 22.1 Å². The molecular weight excluding hydrogens is 314 g/mol. The summed E-state index contributed by atoms with van der Waals surface area (Å²) in [5.74, 6) is 1.94. The lowest BCUT2D eigenvalue weighted by Crippen LogP contribution is -2.14. The van der Waals surface area contributed by atoms with E-state index in [2.05, 4.69) is 5.16 Å². The SMILES string of the molecule is O=C(O)c1cc(-c2ccc(OC3CCSC3)c(Cl)c2)on1. The minimum atomic E-state index is -1.13. The predicted octanol–water partition coefficient (Wildman–Crippen LogP) is 3.58. The molecule has 1 aliphatic rings. The van der Waals surface area contributed by atoms with Gasteiger partial charge in [0.1, 0.15) is 11.9 Å². The molecule has 1 N–H and O–H groups in total. The second kappa shape index (κ2) is 5.99. The van der Waals surface area contributed by atoms with E-state index in [1.165, 1.54) is 6.07 Å². The molecule has 21 heavy (non-hydrogen) atoms. The molecule has 0 amide bonds. The molecule has 3 rings (SSSR count). The fraction of sp³-hybridized carbons (Fsp3) is 0.286. The lowest BCUT2D eigenvalue weighted by Gasteiger charge is -2.14. The summed E-state index contributed by atoms with van der Waals surface area (Å²) >= 11 is 8.08. The van der Waals surface area contributed by atoms with Gasteiger partial charge in [0.25, 0.3) is 0 Å². The first-order chi connectivity index (χ1) is 10.1. The van der Waals surface area contributed by atoms with Crippen molar-refractivity contribution >= 4 is 29.3 Å². The first-order valence-electron chi connectivity index (χ1n) is 6.38. The van der Waals surface area contributed by atoms with Crippen LogP contribution >= 0.6 is 23.4 Å². The number of rotatable bonds is 4. The van der Waals surface area contributed by atoms with Gasteiger partial charge in [0.2, 0.25) is 0 Å². The number of carbonyl (C=O) groups is 1. The van der Waals surface area contributed by atoms with E-state index in [1.54, 1.807) is 18.2 Å². The van der Waals surface area contributed by atoms with Gasteiger partial charge in [-0.2, -0.15) is 11.8 Å². The number of hydrogen-bond donors (Lipinski definition) is 1. The topological polar surface area (TPSA) is 72.6 Å². The highest BCUT2D eigenvalue weighted by molar-refractivity contribution is 7.99. The van der Waals surface area contributed by atoms with Gasteiger partial charge in [0.05, 0.1) is 5.02 Å². The Hall–Kier alpha value is -1.66. The van der Waals surface area contributed by atoms with E-state index in [4.69, 9.17) is 26.0 Å². The molecule has 1 unspecified atom stereocenters. The molecule has 1 aliphatic heterocycles. The van der Waals surface area contributed by atoms with Crippen molar-refractivity contribution in [2.24, 2.45) is 0 Å². The van der Waals surface area contributed by atoms with E-state index in [-0.39, 0.29) is 11.8 Å². The minimum absolute atomic E-state index is 0.135. The van der Waals surface area contributed by atoms with Gasteiger partial charge in [-0.25, -0.2) is 4.79 Å². The van der Waals surface area contributed by atoms with Crippen molar-refractivity contribution in [3.63, 3.8) is 0 Å². The molecule has 0 radical (unpaired) electrons. The molecule has 110 valence electrons. The van der Waals surface area contributed by atoms with Crippen molar-refractivity contribution in [1.82, 2.24) is 5.16 Å². The zero-order valence-electron chi connectivity index (χ0n) is 10.9. The second-order valence-electron chi connectivity index (χ2n) is 4.63. The molecule has 1 fully saturated rings. The van der Waals surface area contributed by atoms with Crippen LogP contribution in [-0.4, -0.2) is 33.8 Å². The number of aromatic carboxylic acids is 1. The van der Waals surface area contributed by atoms with E-state index in [1.807, 2.05) is 11.8 Å². The number of carboxylic acids is 1. The first kappa shape index (κ1) is 14.3. The van der Waals surface area contributed by atoms with Gasteiger partial charge in [-0.3, -0.25) is 0 Å². The Balaban J connectivity index is 1.80. The summed E-state index contributed by atoms with van der Waals surface area (Å²) in [5.41, 5.74) is 0.526. The smallest absolute Gasteiger partial charge is 0.358 e. The van der Waals surface area contributed by atoms with Crippen LogP contribution in [0, 0.1) is 0 Å². The molecule has 0 saturated carbocycles. The van der Waals surface area contributed by atoms with Gasteiger partial charge in [-0.15, -0.1) is 0 Å². The zero-order chi connectivity index (χ0) is 14.8. The lowest BCUT2D eigenvalue weighted by molar-refractivity contribution is 0.0686. The fourth-order valence-corrected chi connectivity index (χ4v) is 3.37. The van der Waals surface area contributed by atoms with E-state index in [9.17, 15) is 4.79 Å². The average molecular weight is 326 g/mol. The Kier molecular flexibility index (Phi) is 4.07. The Labute approximate surface area is 130 Å². The third kappa shape index (κ3) is 3.16. The van der Waals surface area contributed by atoms with Crippen LogP contribution in [0.15, 0.2) is 28.8 Å². The number of halogens is 1. The molecule has 7 heteroatoms. The molecule has 0 aliphatic carbocycles. The summed E-state index contributed by atoms with van der Waals surface area (Å²) in [6.45, 7) is 0.